The first-order chi connectivity index (χ1) is 17.1. The molecule has 0 radical (unpaired) electrons. The Kier molecular flexibility index (Phi) is 7.22. The van der Waals surface area contributed by atoms with Crippen LogP contribution in [0.1, 0.15) is 67.8 Å². The fraction of sp³-hybridized carbons (Fsp3) is 0.154. The second kappa shape index (κ2) is 9.86. The Bertz CT molecular complexity index is 1550. The lowest BCUT2D eigenvalue weighted by Crippen LogP contribution is -2.22. The third-order valence-electron chi connectivity index (χ3n) is 5.54. The molecule has 192 valence electrons. The van der Waals surface area contributed by atoms with Crippen molar-refractivity contribution < 1.29 is 37.8 Å². The molecule has 0 bridgehead atoms. The standard InChI is InChI=1S/C26H24N2O8S/c1-26(2,3)14-6-4-8-16(10-14)37(35,36)17-9-5-7-15(11-17)28-23(30)19-12-18(22(27)29)20(24(31)32)13-21(19)25(33)34/h4-13H,1-3H3,(H2,27,29)(H,28,30)(H,31,32)(H,33,34). The number of carboxylic acid groups (broad SMARTS) is 2. The smallest absolute Gasteiger partial charge is 0.336 e. The lowest BCUT2D eigenvalue weighted by atomic mass is 9.87. The quantitative estimate of drug-likeness (QED) is 0.362. The summed E-state index contributed by atoms with van der Waals surface area (Å²) in [5, 5.41) is 21.2. The van der Waals surface area contributed by atoms with Gasteiger partial charge in [-0.05, 0) is 53.4 Å². The number of nitrogens with two attached hydrogens (primary N) is 1. The van der Waals surface area contributed by atoms with E-state index in [9.17, 15) is 37.8 Å². The average molecular weight is 525 g/mol. The van der Waals surface area contributed by atoms with Crippen LogP contribution in [-0.4, -0.2) is 42.4 Å². The van der Waals surface area contributed by atoms with Gasteiger partial charge in [0, 0.05) is 5.69 Å². The Hall–Kier alpha value is -4.51. The van der Waals surface area contributed by atoms with Crippen molar-refractivity contribution in [2.24, 2.45) is 5.73 Å². The summed E-state index contributed by atoms with van der Waals surface area (Å²) in [6.07, 6.45) is 0. The number of sulfone groups is 1. The molecule has 37 heavy (non-hydrogen) atoms. The molecule has 0 saturated carbocycles. The first kappa shape index (κ1) is 27.1. The minimum Gasteiger partial charge on any atom is -0.478 e. The number of carbonyl (C=O) groups excluding carboxylic acids is 2. The number of amides is 2. The minimum atomic E-state index is -3.97. The highest BCUT2D eigenvalue weighted by molar-refractivity contribution is 7.91. The summed E-state index contributed by atoms with van der Waals surface area (Å²) < 4.78 is 26.6. The molecule has 3 aromatic rings. The molecule has 10 nitrogen and oxygen atoms in total. The fourth-order valence-electron chi connectivity index (χ4n) is 3.55. The molecule has 11 heteroatoms. The first-order valence-electron chi connectivity index (χ1n) is 10.8. The first-order valence-corrected chi connectivity index (χ1v) is 12.3. The number of rotatable bonds is 7. The summed E-state index contributed by atoms with van der Waals surface area (Å²) in [5.41, 5.74) is 3.32. The highest BCUT2D eigenvalue weighted by atomic mass is 32.2. The van der Waals surface area contributed by atoms with Gasteiger partial charge in [0.2, 0.25) is 15.7 Å². The van der Waals surface area contributed by atoms with E-state index in [4.69, 9.17) is 5.73 Å². The van der Waals surface area contributed by atoms with Crippen LogP contribution in [0.5, 0.6) is 0 Å². The molecule has 3 rings (SSSR count). The summed E-state index contributed by atoms with van der Waals surface area (Å²) in [4.78, 5) is 47.8. The van der Waals surface area contributed by atoms with E-state index in [0.717, 1.165) is 11.6 Å². The molecule has 0 aliphatic carbocycles. The van der Waals surface area contributed by atoms with Crippen LogP contribution in [0.4, 0.5) is 5.69 Å². The van der Waals surface area contributed by atoms with Gasteiger partial charge in [0.25, 0.3) is 5.91 Å². The van der Waals surface area contributed by atoms with Crippen LogP contribution in [-0.2, 0) is 15.3 Å². The van der Waals surface area contributed by atoms with Crippen LogP contribution in [0.3, 0.4) is 0 Å². The zero-order valence-electron chi connectivity index (χ0n) is 20.1. The number of primary amides is 1. The van der Waals surface area contributed by atoms with Crippen molar-refractivity contribution in [2.75, 3.05) is 5.32 Å². The van der Waals surface area contributed by atoms with Crippen molar-refractivity contribution in [3.8, 4) is 0 Å². The molecule has 3 aromatic carbocycles. The summed E-state index contributed by atoms with van der Waals surface area (Å²) in [6, 6.07) is 13.3. The van der Waals surface area contributed by atoms with E-state index in [1.807, 2.05) is 26.8 Å². The van der Waals surface area contributed by atoms with Crippen molar-refractivity contribution in [1.29, 1.82) is 0 Å². The minimum absolute atomic E-state index is 0.0253. The van der Waals surface area contributed by atoms with Gasteiger partial charge in [0.1, 0.15) is 0 Å². The zero-order valence-corrected chi connectivity index (χ0v) is 20.9. The maximum Gasteiger partial charge on any atom is 0.336 e. The molecule has 0 aliphatic heterocycles. The SMILES string of the molecule is CC(C)(C)c1cccc(S(=O)(=O)c2cccc(NC(=O)c3cc(C(N)=O)c(C(=O)O)cc3C(=O)O)c2)c1. The molecule has 0 spiro atoms. The van der Waals surface area contributed by atoms with E-state index in [2.05, 4.69) is 5.32 Å². The fourth-order valence-corrected chi connectivity index (χ4v) is 4.90. The van der Waals surface area contributed by atoms with Gasteiger partial charge in [0.15, 0.2) is 0 Å². The van der Waals surface area contributed by atoms with Crippen molar-refractivity contribution >= 4 is 39.3 Å². The maximum atomic E-state index is 13.3. The highest BCUT2D eigenvalue weighted by Crippen LogP contribution is 2.29. The highest BCUT2D eigenvalue weighted by Gasteiger charge is 2.26. The van der Waals surface area contributed by atoms with E-state index >= 15 is 0 Å². The van der Waals surface area contributed by atoms with Crippen LogP contribution < -0.4 is 11.1 Å². The molecular formula is C26H24N2O8S. The third kappa shape index (κ3) is 5.67. The number of benzene rings is 3. The van der Waals surface area contributed by atoms with Crippen molar-refractivity contribution in [1.82, 2.24) is 0 Å². The number of hydrogen-bond acceptors (Lipinski definition) is 6. The number of aromatic carboxylic acids is 2. The van der Waals surface area contributed by atoms with Gasteiger partial charge in [-0.1, -0.05) is 39.0 Å². The van der Waals surface area contributed by atoms with E-state index in [0.29, 0.717) is 6.07 Å². The van der Waals surface area contributed by atoms with Crippen molar-refractivity contribution in [3.05, 3.63) is 88.5 Å². The van der Waals surface area contributed by atoms with E-state index in [1.165, 1.54) is 30.3 Å². The Morgan fingerprint density at radius 3 is 1.81 bits per heavy atom. The van der Waals surface area contributed by atoms with Gasteiger partial charge in [-0.2, -0.15) is 0 Å². The molecule has 0 heterocycles. The van der Waals surface area contributed by atoms with Crippen LogP contribution in [0.2, 0.25) is 0 Å². The third-order valence-corrected chi connectivity index (χ3v) is 7.29. The van der Waals surface area contributed by atoms with E-state index < -0.39 is 55.8 Å². The number of carbonyl (C=O) groups is 4. The van der Waals surface area contributed by atoms with Gasteiger partial charge >= 0.3 is 11.9 Å². The lowest BCUT2D eigenvalue weighted by Gasteiger charge is -2.19. The molecular weight excluding hydrogens is 500 g/mol. The zero-order chi connectivity index (χ0) is 27.7. The van der Waals surface area contributed by atoms with Gasteiger partial charge in [0.05, 0.1) is 32.0 Å². The molecule has 0 fully saturated rings. The monoisotopic (exact) mass is 524 g/mol. The van der Waals surface area contributed by atoms with Gasteiger partial charge in [-0.25, -0.2) is 18.0 Å². The number of hydrogen-bond donors (Lipinski definition) is 4. The second-order valence-corrected chi connectivity index (χ2v) is 11.1. The average Bonchev–Trinajstić information content (AvgIpc) is 2.82. The summed E-state index contributed by atoms with van der Waals surface area (Å²) in [6.45, 7) is 5.85. The largest absolute Gasteiger partial charge is 0.478 e. The lowest BCUT2D eigenvalue weighted by molar-refractivity contribution is 0.0689. The van der Waals surface area contributed by atoms with Crippen LogP contribution in [0.25, 0.3) is 0 Å². The Morgan fingerprint density at radius 1 is 0.757 bits per heavy atom. The molecule has 0 unspecified atom stereocenters. The summed E-state index contributed by atoms with van der Waals surface area (Å²) >= 11 is 0. The Morgan fingerprint density at radius 2 is 1.27 bits per heavy atom. The molecule has 0 atom stereocenters. The topological polar surface area (TPSA) is 181 Å². The van der Waals surface area contributed by atoms with Crippen molar-refractivity contribution in [2.45, 2.75) is 36.0 Å². The summed E-state index contributed by atoms with van der Waals surface area (Å²) in [7, 11) is -3.97. The Labute approximate surface area is 212 Å². The molecule has 2 amide bonds. The summed E-state index contributed by atoms with van der Waals surface area (Å²) in [5.74, 6) is -5.40. The predicted octanol–water partition coefficient (Wildman–Crippen LogP) is 3.56. The number of anilines is 1. The van der Waals surface area contributed by atoms with Gasteiger partial charge in [-0.15, -0.1) is 0 Å². The molecule has 0 saturated heterocycles. The number of nitrogens with one attached hydrogen (secondary N) is 1. The Balaban J connectivity index is 2.02. The van der Waals surface area contributed by atoms with Gasteiger partial charge in [-0.3, -0.25) is 9.59 Å². The number of carboxylic acids is 2. The molecule has 0 aliphatic rings. The molecule has 5 N–H and O–H groups in total. The van der Waals surface area contributed by atoms with Crippen LogP contribution in [0, 0.1) is 0 Å². The molecule has 0 aromatic heterocycles. The van der Waals surface area contributed by atoms with E-state index in [1.54, 1.807) is 12.1 Å². The second-order valence-electron chi connectivity index (χ2n) is 9.18. The predicted molar refractivity (Wildman–Crippen MR) is 134 cm³/mol. The van der Waals surface area contributed by atoms with Gasteiger partial charge < -0.3 is 21.3 Å². The normalized spacial score (nSPS) is 11.5. The van der Waals surface area contributed by atoms with Crippen molar-refractivity contribution in [3.63, 3.8) is 0 Å². The maximum absolute atomic E-state index is 13.3. The van der Waals surface area contributed by atoms with Crippen LogP contribution >= 0.6 is 0 Å². The van der Waals surface area contributed by atoms with Crippen LogP contribution in [0.15, 0.2) is 70.5 Å². The van der Waals surface area contributed by atoms with E-state index in [-0.39, 0.29) is 20.9 Å².